The van der Waals surface area contributed by atoms with Gasteiger partial charge in [0.1, 0.15) is 0 Å². The average Bonchev–Trinajstić information content (AvgIpc) is 3.16. The van der Waals surface area contributed by atoms with Crippen LogP contribution < -0.4 is 5.73 Å². The molecule has 1 aromatic carbocycles. The van der Waals surface area contributed by atoms with Crippen molar-refractivity contribution < 1.29 is 0 Å². The lowest BCUT2D eigenvalue weighted by atomic mass is 10.1. The number of hydrogen-bond donors (Lipinski definition) is 1. The quantitative estimate of drug-likeness (QED) is 0.837. The van der Waals surface area contributed by atoms with E-state index in [9.17, 15) is 0 Å². The van der Waals surface area contributed by atoms with E-state index >= 15 is 0 Å². The molecule has 1 unspecified atom stereocenters. The molecule has 3 nitrogen and oxygen atoms in total. The number of benzene rings is 1. The molecule has 1 aliphatic rings. The predicted molar refractivity (Wildman–Crippen MR) is 88.3 cm³/mol. The van der Waals surface area contributed by atoms with Crippen LogP contribution in [-0.2, 0) is 5.75 Å². The fourth-order valence-electron chi connectivity index (χ4n) is 2.87. The van der Waals surface area contributed by atoms with Gasteiger partial charge in [-0.05, 0) is 43.5 Å². The van der Waals surface area contributed by atoms with Gasteiger partial charge in [0, 0.05) is 22.9 Å². The van der Waals surface area contributed by atoms with E-state index in [0.717, 1.165) is 11.4 Å². The van der Waals surface area contributed by atoms with E-state index in [2.05, 4.69) is 41.2 Å². The molecule has 1 fully saturated rings. The minimum Gasteiger partial charge on any atom is -0.324 e. The fourth-order valence-corrected chi connectivity index (χ4v) is 3.73. The van der Waals surface area contributed by atoms with Gasteiger partial charge in [0.25, 0.3) is 0 Å². The molecule has 1 saturated carbocycles. The molecule has 21 heavy (non-hydrogen) atoms. The van der Waals surface area contributed by atoms with Crippen molar-refractivity contribution in [1.82, 2.24) is 9.78 Å². The van der Waals surface area contributed by atoms with Gasteiger partial charge in [-0.3, -0.25) is 4.68 Å². The molecule has 0 saturated heterocycles. The highest BCUT2D eigenvalue weighted by atomic mass is 32.2. The van der Waals surface area contributed by atoms with Crippen molar-refractivity contribution >= 4 is 11.8 Å². The number of aromatic nitrogens is 2. The molecule has 1 heterocycles. The third kappa shape index (κ3) is 3.69. The van der Waals surface area contributed by atoms with Gasteiger partial charge in [-0.15, -0.1) is 11.8 Å². The summed E-state index contributed by atoms with van der Waals surface area (Å²) in [5, 5.41) is 4.74. The van der Waals surface area contributed by atoms with Crippen LogP contribution in [-0.4, -0.2) is 9.78 Å². The van der Waals surface area contributed by atoms with Crippen molar-refractivity contribution in [2.24, 2.45) is 5.73 Å². The third-order valence-corrected chi connectivity index (χ3v) is 5.16. The zero-order chi connectivity index (χ0) is 14.7. The second kappa shape index (κ2) is 6.67. The maximum Gasteiger partial charge on any atom is 0.0727 e. The van der Waals surface area contributed by atoms with Crippen molar-refractivity contribution in [1.29, 1.82) is 0 Å². The summed E-state index contributed by atoms with van der Waals surface area (Å²) in [5.74, 6) is 0.919. The fraction of sp³-hybridized carbons (Fsp3) is 0.471. The Balaban J connectivity index is 1.61. The molecule has 0 aliphatic heterocycles. The smallest absolute Gasteiger partial charge is 0.0727 e. The van der Waals surface area contributed by atoms with Crippen molar-refractivity contribution in [2.75, 3.05) is 0 Å². The second-order valence-electron chi connectivity index (χ2n) is 5.88. The second-order valence-corrected chi connectivity index (χ2v) is 6.92. The van der Waals surface area contributed by atoms with Crippen LogP contribution in [0, 0.1) is 0 Å². The Labute approximate surface area is 130 Å². The van der Waals surface area contributed by atoms with E-state index in [0.29, 0.717) is 6.04 Å². The van der Waals surface area contributed by atoms with Crippen LogP contribution in [0.1, 0.15) is 55.9 Å². The van der Waals surface area contributed by atoms with Crippen molar-refractivity contribution in [3.63, 3.8) is 0 Å². The standard InChI is InChI=1S/C17H23N3S/c1-13(18)14-5-4-8-17(11-14)21-12-15-9-10-20(19-15)16-6-2-3-7-16/h4-5,8-11,13,16H,2-3,6-7,12,18H2,1H3. The zero-order valence-corrected chi connectivity index (χ0v) is 13.4. The van der Waals surface area contributed by atoms with Gasteiger partial charge >= 0.3 is 0 Å². The number of nitrogens with two attached hydrogens (primary N) is 1. The minimum absolute atomic E-state index is 0.0899. The minimum atomic E-state index is 0.0899. The maximum absolute atomic E-state index is 5.94. The molecule has 4 heteroatoms. The van der Waals surface area contributed by atoms with Gasteiger partial charge in [-0.2, -0.15) is 5.10 Å². The first-order valence-corrected chi connectivity index (χ1v) is 8.73. The lowest BCUT2D eigenvalue weighted by Gasteiger charge is -2.09. The maximum atomic E-state index is 5.94. The van der Waals surface area contributed by atoms with Gasteiger partial charge in [0.2, 0.25) is 0 Å². The Bertz CT molecular complexity index is 585. The van der Waals surface area contributed by atoms with E-state index in [4.69, 9.17) is 10.8 Å². The van der Waals surface area contributed by atoms with Gasteiger partial charge in [0.15, 0.2) is 0 Å². The Kier molecular flexibility index (Phi) is 4.66. The first kappa shape index (κ1) is 14.7. The summed E-state index contributed by atoms with van der Waals surface area (Å²) < 4.78 is 2.17. The van der Waals surface area contributed by atoms with Crippen molar-refractivity contribution in [2.45, 2.75) is 55.3 Å². The molecule has 1 aliphatic carbocycles. The molecule has 0 bridgehead atoms. The van der Waals surface area contributed by atoms with Crippen LogP contribution in [0.5, 0.6) is 0 Å². The first-order chi connectivity index (χ1) is 10.2. The molecule has 1 atom stereocenters. The van der Waals surface area contributed by atoms with Crippen LogP contribution in [0.15, 0.2) is 41.4 Å². The lowest BCUT2D eigenvalue weighted by molar-refractivity contribution is 0.464. The van der Waals surface area contributed by atoms with E-state index in [1.165, 1.54) is 36.1 Å². The summed E-state index contributed by atoms with van der Waals surface area (Å²) in [7, 11) is 0. The monoisotopic (exact) mass is 301 g/mol. The topological polar surface area (TPSA) is 43.8 Å². The summed E-state index contributed by atoms with van der Waals surface area (Å²) in [6, 6.07) is 11.4. The van der Waals surface area contributed by atoms with E-state index in [1.54, 1.807) is 0 Å². The van der Waals surface area contributed by atoms with E-state index in [-0.39, 0.29) is 6.04 Å². The summed E-state index contributed by atoms with van der Waals surface area (Å²) in [6.07, 6.45) is 7.40. The summed E-state index contributed by atoms with van der Waals surface area (Å²) in [6.45, 7) is 2.02. The van der Waals surface area contributed by atoms with Crippen LogP contribution in [0.25, 0.3) is 0 Å². The van der Waals surface area contributed by atoms with Crippen LogP contribution >= 0.6 is 11.8 Å². The van der Waals surface area contributed by atoms with Crippen LogP contribution in [0.3, 0.4) is 0 Å². The highest BCUT2D eigenvalue weighted by Gasteiger charge is 2.17. The Morgan fingerprint density at radius 1 is 1.33 bits per heavy atom. The number of rotatable bonds is 5. The number of hydrogen-bond acceptors (Lipinski definition) is 3. The summed E-state index contributed by atoms with van der Waals surface area (Å²) >= 11 is 1.83. The molecule has 2 aromatic rings. The Morgan fingerprint density at radius 2 is 2.14 bits per heavy atom. The molecule has 0 spiro atoms. The van der Waals surface area contributed by atoms with Gasteiger partial charge in [0.05, 0.1) is 11.7 Å². The largest absolute Gasteiger partial charge is 0.324 e. The average molecular weight is 301 g/mol. The molecular weight excluding hydrogens is 278 g/mol. The van der Waals surface area contributed by atoms with Gasteiger partial charge in [-0.25, -0.2) is 0 Å². The van der Waals surface area contributed by atoms with Crippen molar-refractivity contribution in [3.05, 3.63) is 47.8 Å². The summed E-state index contributed by atoms with van der Waals surface area (Å²) in [4.78, 5) is 1.26. The Hall–Kier alpha value is -1.26. The molecule has 0 radical (unpaired) electrons. The van der Waals surface area contributed by atoms with Crippen LogP contribution in [0.4, 0.5) is 0 Å². The molecule has 112 valence electrons. The zero-order valence-electron chi connectivity index (χ0n) is 12.5. The van der Waals surface area contributed by atoms with Crippen molar-refractivity contribution in [3.8, 4) is 0 Å². The van der Waals surface area contributed by atoms with Gasteiger partial charge < -0.3 is 5.73 Å². The molecule has 3 rings (SSSR count). The van der Waals surface area contributed by atoms with E-state index in [1.807, 2.05) is 18.7 Å². The molecule has 1 aromatic heterocycles. The molecule has 2 N–H and O–H groups in total. The number of thioether (sulfide) groups is 1. The third-order valence-electron chi connectivity index (χ3n) is 4.13. The molecular formula is C17H23N3S. The lowest BCUT2D eigenvalue weighted by Crippen LogP contribution is -2.05. The molecule has 0 amide bonds. The van der Waals surface area contributed by atoms with Crippen LogP contribution in [0.2, 0.25) is 0 Å². The highest BCUT2D eigenvalue weighted by molar-refractivity contribution is 7.98. The summed E-state index contributed by atoms with van der Waals surface area (Å²) in [5.41, 5.74) is 8.29. The number of nitrogens with zero attached hydrogens (tertiary/aromatic N) is 2. The SMILES string of the molecule is CC(N)c1cccc(SCc2ccn(C3CCCC3)n2)c1. The predicted octanol–water partition coefficient (Wildman–Crippen LogP) is 4.31. The normalized spacial score (nSPS) is 17.2. The Morgan fingerprint density at radius 3 is 2.90 bits per heavy atom. The highest BCUT2D eigenvalue weighted by Crippen LogP contribution is 2.30. The first-order valence-electron chi connectivity index (χ1n) is 7.75. The van der Waals surface area contributed by atoms with E-state index < -0.39 is 0 Å². The van der Waals surface area contributed by atoms with Gasteiger partial charge in [-0.1, -0.05) is 25.0 Å².